The van der Waals surface area contributed by atoms with Crippen molar-refractivity contribution in [3.63, 3.8) is 0 Å². The minimum absolute atomic E-state index is 0.230. The number of nitrogens with one attached hydrogen (secondary N) is 1. The number of hydrogen-bond donors (Lipinski definition) is 1. The topological polar surface area (TPSA) is 47.0 Å². The van der Waals surface area contributed by atoms with Crippen LogP contribution in [0.25, 0.3) is 0 Å². The smallest absolute Gasteiger partial charge is 0.213 e. The van der Waals surface area contributed by atoms with Gasteiger partial charge in [0, 0.05) is 10.9 Å². The maximum Gasteiger partial charge on any atom is 0.213 e. The molecule has 5 heteroatoms. The first-order chi connectivity index (χ1) is 9.13. The second-order valence-corrected chi connectivity index (χ2v) is 5.48. The first-order valence-electron chi connectivity index (χ1n) is 6.36. The predicted molar refractivity (Wildman–Crippen MR) is 79.1 cm³/mol. The lowest BCUT2D eigenvalue weighted by Crippen LogP contribution is -2.06. The molecule has 0 aromatic carbocycles. The van der Waals surface area contributed by atoms with Crippen LogP contribution in [0.4, 0.5) is 5.69 Å². The van der Waals surface area contributed by atoms with Gasteiger partial charge in [-0.1, -0.05) is 6.92 Å². The number of rotatable bonds is 5. The second-order valence-electron chi connectivity index (χ2n) is 4.37. The zero-order valence-corrected chi connectivity index (χ0v) is 12.5. The molecule has 2 rings (SSSR count). The molecule has 0 amide bonds. The molecule has 0 aliphatic heterocycles. The van der Waals surface area contributed by atoms with Gasteiger partial charge in [0.1, 0.15) is 0 Å². The fraction of sp³-hybridized carbons (Fsp3) is 0.429. The molecule has 102 valence electrons. The lowest BCUT2D eigenvalue weighted by molar-refractivity contribution is 0.398. The molecule has 0 saturated heterocycles. The average Bonchev–Trinajstić information content (AvgIpc) is 2.81. The average molecular weight is 277 g/mol. The molecule has 1 N–H and O–H groups in total. The number of methoxy groups -OCH3 is 1. The van der Waals surface area contributed by atoms with Crippen LogP contribution in [0.3, 0.4) is 0 Å². The van der Waals surface area contributed by atoms with Gasteiger partial charge in [-0.05, 0) is 26.3 Å². The van der Waals surface area contributed by atoms with Crippen LogP contribution in [0.2, 0.25) is 0 Å². The largest absolute Gasteiger partial charge is 0.481 e. The first-order valence-corrected chi connectivity index (χ1v) is 7.18. The van der Waals surface area contributed by atoms with Crippen molar-refractivity contribution in [1.82, 2.24) is 9.97 Å². The van der Waals surface area contributed by atoms with Gasteiger partial charge in [-0.15, -0.1) is 11.3 Å². The van der Waals surface area contributed by atoms with Gasteiger partial charge >= 0.3 is 0 Å². The summed E-state index contributed by atoms with van der Waals surface area (Å²) in [6, 6.07) is 4.05. The molecule has 2 heterocycles. The number of anilines is 1. The number of thiazole rings is 1. The van der Waals surface area contributed by atoms with Crippen LogP contribution in [-0.2, 0) is 6.42 Å². The molecule has 0 unspecified atom stereocenters. The van der Waals surface area contributed by atoms with E-state index in [1.165, 1.54) is 9.88 Å². The standard InChI is InChI=1S/C14H19N3OS/c1-5-13-17-10(3)14(19-13)9(2)16-11-6-7-12(18-4)15-8-11/h6-9,16H,5H2,1-4H3/t9-/m0/s1. The van der Waals surface area contributed by atoms with Crippen molar-refractivity contribution in [3.8, 4) is 5.88 Å². The Morgan fingerprint density at radius 1 is 1.42 bits per heavy atom. The summed E-state index contributed by atoms with van der Waals surface area (Å²) in [5.74, 6) is 0.625. The monoisotopic (exact) mass is 277 g/mol. The summed E-state index contributed by atoms with van der Waals surface area (Å²) in [5, 5.41) is 4.63. The molecule has 2 aromatic rings. The summed E-state index contributed by atoms with van der Waals surface area (Å²) in [6.45, 7) is 6.34. The molecule has 4 nitrogen and oxygen atoms in total. The minimum Gasteiger partial charge on any atom is -0.481 e. The van der Waals surface area contributed by atoms with Crippen LogP contribution in [0.15, 0.2) is 18.3 Å². The van der Waals surface area contributed by atoms with E-state index in [-0.39, 0.29) is 6.04 Å². The van der Waals surface area contributed by atoms with E-state index in [9.17, 15) is 0 Å². The second kappa shape index (κ2) is 6.02. The summed E-state index contributed by atoms with van der Waals surface area (Å²) < 4.78 is 5.05. The van der Waals surface area contributed by atoms with E-state index in [0.717, 1.165) is 17.8 Å². The Labute approximate surface area is 117 Å². The van der Waals surface area contributed by atoms with Gasteiger partial charge in [-0.3, -0.25) is 0 Å². The van der Waals surface area contributed by atoms with Crippen LogP contribution in [0.5, 0.6) is 5.88 Å². The third kappa shape index (κ3) is 3.23. The maximum absolute atomic E-state index is 5.05. The zero-order valence-electron chi connectivity index (χ0n) is 11.7. The van der Waals surface area contributed by atoms with E-state index < -0.39 is 0 Å². The van der Waals surface area contributed by atoms with E-state index in [0.29, 0.717) is 5.88 Å². The molecule has 0 fully saturated rings. The van der Waals surface area contributed by atoms with Crippen molar-refractivity contribution in [2.24, 2.45) is 0 Å². The summed E-state index contributed by atoms with van der Waals surface area (Å²) in [6.07, 6.45) is 2.77. The number of ether oxygens (including phenoxy) is 1. The van der Waals surface area contributed by atoms with Gasteiger partial charge in [0.15, 0.2) is 0 Å². The van der Waals surface area contributed by atoms with E-state index in [2.05, 4.69) is 36.1 Å². The molecule has 0 spiro atoms. The highest BCUT2D eigenvalue weighted by molar-refractivity contribution is 7.11. The van der Waals surface area contributed by atoms with Crippen LogP contribution in [0, 0.1) is 6.92 Å². The Balaban J connectivity index is 2.10. The lowest BCUT2D eigenvalue weighted by Gasteiger charge is -2.14. The summed E-state index contributed by atoms with van der Waals surface area (Å²) >= 11 is 1.78. The normalized spacial score (nSPS) is 12.2. The number of aromatic nitrogens is 2. The van der Waals surface area contributed by atoms with Gasteiger partial charge in [0.05, 0.1) is 35.7 Å². The molecular weight excluding hydrogens is 258 g/mol. The van der Waals surface area contributed by atoms with E-state index in [4.69, 9.17) is 4.74 Å². The van der Waals surface area contributed by atoms with Crippen molar-refractivity contribution in [2.45, 2.75) is 33.2 Å². The van der Waals surface area contributed by atoms with Crippen molar-refractivity contribution >= 4 is 17.0 Å². The van der Waals surface area contributed by atoms with Gasteiger partial charge in [-0.2, -0.15) is 0 Å². The highest BCUT2D eigenvalue weighted by Gasteiger charge is 2.13. The quantitative estimate of drug-likeness (QED) is 0.907. The molecule has 1 atom stereocenters. The minimum atomic E-state index is 0.230. The van der Waals surface area contributed by atoms with Gasteiger partial charge in [0.25, 0.3) is 0 Å². The van der Waals surface area contributed by atoms with E-state index >= 15 is 0 Å². The van der Waals surface area contributed by atoms with Gasteiger partial charge in [-0.25, -0.2) is 9.97 Å². The van der Waals surface area contributed by atoms with Crippen molar-refractivity contribution in [3.05, 3.63) is 33.9 Å². The zero-order chi connectivity index (χ0) is 13.8. The maximum atomic E-state index is 5.05. The predicted octanol–water partition coefficient (Wildman–Crippen LogP) is 3.59. The third-order valence-corrected chi connectivity index (χ3v) is 4.39. The van der Waals surface area contributed by atoms with Gasteiger partial charge in [0.2, 0.25) is 5.88 Å². The van der Waals surface area contributed by atoms with Crippen molar-refractivity contribution in [2.75, 3.05) is 12.4 Å². The Kier molecular flexibility index (Phi) is 4.37. The number of hydrogen-bond acceptors (Lipinski definition) is 5. The summed E-state index contributed by atoms with van der Waals surface area (Å²) in [4.78, 5) is 10.0. The molecular formula is C14H19N3OS. The molecule has 0 saturated carbocycles. The van der Waals surface area contributed by atoms with E-state index in [1.54, 1.807) is 24.6 Å². The fourth-order valence-corrected chi connectivity index (χ4v) is 2.93. The Bertz CT molecular complexity index is 536. The molecule has 0 radical (unpaired) electrons. The molecule has 19 heavy (non-hydrogen) atoms. The summed E-state index contributed by atoms with van der Waals surface area (Å²) in [5.41, 5.74) is 2.10. The molecule has 0 aliphatic carbocycles. The van der Waals surface area contributed by atoms with Crippen molar-refractivity contribution < 1.29 is 4.74 Å². The van der Waals surface area contributed by atoms with Crippen molar-refractivity contribution in [1.29, 1.82) is 0 Å². The molecule has 0 aliphatic rings. The van der Waals surface area contributed by atoms with Crippen LogP contribution in [-0.4, -0.2) is 17.1 Å². The Morgan fingerprint density at radius 3 is 2.74 bits per heavy atom. The SMILES string of the molecule is CCc1nc(C)c([C@H](C)Nc2ccc(OC)nc2)s1. The van der Waals surface area contributed by atoms with Gasteiger partial charge < -0.3 is 10.1 Å². The number of aryl methyl sites for hydroxylation is 2. The fourth-order valence-electron chi connectivity index (χ4n) is 1.92. The van der Waals surface area contributed by atoms with Crippen LogP contribution < -0.4 is 10.1 Å². The van der Waals surface area contributed by atoms with E-state index in [1.807, 2.05) is 12.1 Å². The van der Waals surface area contributed by atoms with Crippen LogP contribution in [0.1, 0.15) is 35.5 Å². The highest BCUT2D eigenvalue weighted by Crippen LogP contribution is 2.28. The number of pyridine rings is 1. The first kappa shape index (κ1) is 13.8. The third-order valence-electron chi connectivity index (χ3n) is 2.90. The lowest BCUT2D eigenvalue weighted by atomic mass is 10.2. The molecule has 0 bridgehead atoms. The summed E-state index contributed by atoms with van der Waals surface area (Å²) in [7, 11) is 1.62. The van der Waals surface area contributed by atoms with Crippen LogP contribution >= 0.6 is 11.3 Å². The Morgan fingerprint density at radius 2 is 2.21 bits per heavy atom. The molecule has 2 aromatic heterocycles. The number of nitrogens with zero attached hydrogens (tertiary/aromatic N) is 2. The Hall–Kier alpha value is -1.62. The highest BCUT2D eigenvalue weighted by atomic mass is 32.1.